The predicted octanol–water partition coefficient (Wildman–Crippen LogP) is 3.63. The Balaban J connectivity index is 5.14. The second kappa shape index (κ2) is 10.9. The van der Waals surface area contributed by atoms with Crippen molar-refractivity contribution in [3.63, 3.8) is 0 Å². The van der Waals surface area contributed by atoms with Gasteiger partial charge < -0.3 is 18.9 Å². The highest BCUT2D eigenvalue weighted by atomic mass is 16.7. The molecule has 0 N–H and O–H groups in total. The Morgan fingerprint density at radius 3 is 1.89 bits per heavy atom. The fourth-order valence-corrected chi connectivity index (χ4v) is 1.71. The summed E-state index contributed by atoms with van der Waals surface area (Å²) in [4.78, 5) is 0. The van der Waals surface area contributed by atoms with E-state index in [9.17, 15) is 0 Å². The SMILES string of the molecule is CC=COC(COCC)(OC=CC)C(CC)OCC. The van der Waals surface area contributed by atoms with Crippen LogP contribution in [0.5, 0.6) is 0 Å². The first kappa shape index (κ1) is 18.0. The second-order valence-electron chi connectivity index (χ2n) is 3.98. The number of rotatable bonds is 11. The van der Waals surface area contributed by atoms with Gasteiger partial charge in [0.1, 0.15) is 12.7 Å². The first-order valence-electron chi connectivity index (χ1n) is 6.97. The van der Waals surface area contributed by atoms with Gasteiger partial charge in [0.2, 0.25) is 0 Å². The van der Waals surface area contributed by atoms with Gasteiger partial charge in [-0.15, -0.1) is 0 Å². The number of allylic oxidation sites excluding steroid dienone is 2. The molecular formula is C15H28O4. The van der Waals surface area contributed by atoms with E-state index in [1.165, 1.54) is 0 Å². The van der Waals surface area contributed by atoms with E-state index in [4.69, 9.17) is 18.9 Å². The third-order valence-corrected chi connectivity index (χ3v) is 2.54. The molecule has 0 amide bonds. The summed E-state index contributed by atoms with van der Waals surface area (Å²) in [5.41, 5.74) is 0. The molecule has 0 aromatic rings. The Morgan fingerprint density at radius 2 is 1.53 bits per heavy atom. The smallest absolute Gasteiger partial charge is 0.299 e. The summed E-state index contributed by atoms with van der Waals surface area (Å²) in [6, 6.07) is 0. The van der Waals surface area contributed by atoms with Crippen molar-refractivity contribution in [3.8, 4) is 0 Å². The third-order valence-electron chi connectivity index (χ3n) is 2.54. The monoisotopic (exact) mass is 272 g/mol. The zero-order valence-electron chi connectivity index (χ0n) is 12.8. The summed E-state index contributed by atoms with van der Waals surface area (Å²) in [6.45, 7) is 11.2. The van der Waals surface area contributed by atoms with Gasteiger partial charge in [0.05, 0.1) is 12.5 Å². The Hall–Kier alpha value is -1.00. The van der Waals surface area contributed by atoms with Crippen LogP contribution in [0.2, 0.25) is 0 Å². The Morgan fingerprint density at radius 1 is 0.947 bits per heavy atom. The highest BCUT2D eigenvalue weighted by Crippen LogP contribution is 2.25. The highest BCUT2D eigenvalue weighted by molar-refractivity contribution is 4.87. The molecule has 19 heavy (non-hydrogen) atoms. The molecule has 0 saturated carbocycles. The maximum atomic E-state index is 5.78. The van der Waals surface area contributed by atoms with E-state index in [0.717, 1.165) is 6.42 Å². The van der Waals surface area contributed by atoms with Gasteiger partial charge in [-0.25, -0.2) is 0 Å². The van der Waals surface area contributed by atoms with Crippen molar-refractivity contribution in [2.24, 2.45) is 0 Å². The van der Waals surface area contributed by atoms with E-state index in [1.807, 2.05) is 46.8 Å². The van der Waals surface area contributed by atoms with E-state index in [2.05, 4.69) is 0 Å². The summed E-state index contributed by atoms with van der Waals surface area (Å²) < 4.78 is 22.8. The molecule has 0 aromatic heterocycles. The fraction of sp³-hybridized carbons (Fsp3) is 0.733. The van der Waals surface area contributed by atoms with Crippen LogP contribution < -0.4 is 0 Å². The zero-order valence-corrected chi connectivity index (χ0v) is 12.8. The normalized spacial score (nSPS) is 16.7. The minimum atomic E-state index is -0.945. The second-order valence-corrected chi connectivity index (χ2v) is 3.98. The standard InChI is InChI=1S/C15H28O4/c1-6-11-18-15(13-16-9-4,19-12-7-2)14(8-3)17-10-5/h6-7,11-12,14H,8-10,13H2,1-5H3. The van der Waals surface area contributed by atoms with Crippen LogP contribution in [0.15, 0.2) is 24.7 Å². The van der Waals surface area contributed by atoms with Gasteiger partial charge in [0.25, 0.3) is 5.79 Å². The van der Waals surface area contributed by atoms with Crippen molar-refractivity contribution in [3.05, 3.63) is 24.7 Å². The van der Waals surface area contributed by atoms with Crippen molar-refractivity contribution < 1.29 is 18.9 Å². The van der Waals surface area contributed by atoms with Crippen LogP contribution in [0, 0.1) is 0 Å². The molecule has 112 valence electrons. The van der Waals surface area contributed by atoms with Crippen LogP contribution in [0.1, 0.15) is 41.0 Å². The maximum absolute atomic E-state index is 5.78. The fourth-order valence-electron chi connectivity index (χ4n) is 1.71. The average molecular weight is 272 g/mol. The van der Waals surface area contributed by atoms with Gasteiger partial charge in [-0.3, -0.25) is 0 Å². The van der Waals surface area contributed by atoms with Crippen LogP contribution in [-0.2, 0) is 18.9 Å². The van der Waals surface area contributed by atoms with Gasteiger partial charge in [0, 0.05) is 13.2 Å². The molecule has 4 nitrogen and oxygen atoms in total. The van der Waals surface area contributed by atoms with E-state index in [1.54, 1.807) is 12.5 Å². The Labute approximate surface area is 117 Å². The van der Waals surface area contributed by atoms with Crippen LogP contribution >= 0.6 is 0 Å². The van der Waals surface area contributed by atoms with Crippen LogP contribution in [0.3, 0.4) is 0 Å². The molecule has 0 radical (unpaired) electrons. The summed E-state index contributed by atoms with van der Waals surface area (Å²) in [6.07, 6.45) is 7.44. The molecule has 1 unspecified atom stereocenters. The first-order chi connectivity index (χ1) is 9.20. The molecule has 0 rings (SSSR count). The predicted molar refractivity (Wildman–Crippen MR) is 76.7 cm³/mol. The lowest BCUT2D eigenvalue weighted by Crippen LogP contribution is -2.50. The van der Waals surface area contributed by atoms with Crippen LogP contribution in [0.25, 0.3) is 0 Å². The van der Waals surface area contributed by atoms with Gasteiger partial charge >= 0.3 is 0 Å². The summed E-state index contributed by atoms with van der Waals surface area (Å²) in [5.74, 6) is -0.945. The van der Waals surface area contributed by atoms with Gasteiger partial charge in [-0.05, 0) is 34.1 Å². The summed E-state index contributed by atoms with van der Waals surface area (Å²) in [5, 5.41) is 0. The largest absolute Gasteiger partial charge is 0.456 e. The lowest BCUT2D eigenvalue weighted by atomic mass is 10.1. The molecule has 0 aliphatic rings. The molecule has 0 fully saturated rings. The molecule has 0 bridgehead atoms. The van der Waals surface area contributed by atoms with Crippen molar-refractivity contribution in [1.82, 2.24) is 0 Å². The van der Waals surface area contributed by atoms with Crippen molar-refractivity contribution in [2.75, 3.05) is 19.8 Å². The Kier molecular flexibility index (Phi) is 10.3. The van der Waals surface area contributed by atoms with E-state index < -0.39 is 5.79 Å². The number of ether oxygens (including phenoxy) is 4. The molecule has 0 spiro atoms. The highest BCUT2D eigenvalue weighted by Gasteiger charge is 2.42. The topological polar surface area (TPSA) is 36.9 Å². The van der Waals surface area contributed by atoms with Crippen LogP contribution in [-0.4, -0.2) is 31.7 Å². The Bertz CT molecular complexity index is 247. The molecule has 0 aliphatic carbocycles. The van der Waals surface area contributed by atoms with Crippen molar-refractivity contribution in [1.29, 1.82) is 0 Å². The van der Waals surface area contributed by atoms with Gasteiger partial charge in [-0.2, -0.15) is 0 Å². The number of hydrogen-bond donors (Lipinski definition) is 0. The maximum Gasteiger partial charge on any atom is 0.299 e. The number of hydrogen-bond acceptors (Lipinski definition) is 4. The van der Waals surface area contributed by atoms with Crippen molar-refractivity contribution >= 4 is 0 Å². The van der Waals surface area contributed by atoms with E-state index in [-0.39, 0.29) is 6.10 Å². The molecule has 0 aliphatic heterocycles. The third kappa shape index (κ3) is 6.12. The minimum Gasteiger partial charge on any atom is -0.456 e. The molecule has 4 heteroatoms. The lowest BCUT2D eigenvalue weighted by Gasteiger charge is -2.37. The quantitative estimate of drug-likeness (QED) is 0.425. The molecule has 0 heterocycles. The van der Waals surface area contributed by atoms with E-state index in [0.29, 0.717) is 19.8 Å². The first-order valence-corrected chi connectivity index (χ1v) is 6.97. The average Bonchev–Trinajstić information content (AvgIpc) is 2.44. The minimum absolute atomic E-state index is 0.198. The van der Waals surface area contributed by atoms with Gasteiger partial charge in [-0.1, -0.05) is 19.1 Å². The molecule has 1 atom stereocenters. The van der Waals surface area contributed by atoms with E-state index >= 15 is 0 Å². The summed E-state index contributed by atoms with van der Waals surface area (Å²) in [7, 11) is 0. The van der Waals surface area contributed by atoms with Gasteiger partial charge in [0.15, 0.2) is 0 Å². The van der Waals surface area contributed by atoms with Crippen LogP contribution in [0.4, 0.5) is 0 Å². The molecule has 0 saturated heterocycles. The lowest BCUT2D eigenvalue weighted by molar-refractivity contribution is -0.266. The van der Waals surface area contributed by atoms with Crippen molar-refractivity contribution in [2.45, 2.75) is 52.9 Å². The summed E-state index contributed by atoms with van der Waals surface area (Å²) >= 11 is 0. The molecular weight excluding hydrogens is 244 g/mol. The molecule has 0 aromatic carbocycles. The zero-order chi connectivity index (χ0) is 14.6.